The van der Waals surface area contributed by atoms with Gasteiger partial charge in [0.05, 0.1) is 11.9 Å². The maximum absolute atomic E-state index is 12.4. The maximum atomic E-state index is 12.4. The van der Waals surface area contributed by atoms with Crippen LogP contribution < -0.4 is 5.32 Å². The van der Waals surface area contributed by atoms with Gasteiger partial charge in [-0.2, -0.15) is 13.2 Å². The van der Waals surface area contributed by atoms with E-state index >= 15 is 0 Å². The van der Waals surface area contributed by atoms with E-state index in [-0.39, 0.29) is 0 Å². The zero-order valence-electron chi connectivity index (χ0n) is 11.9. The summed E-state index contributed by atoms with van der Waals surface area (Å²) in [4.78, 5) is 3.48. The Hall–Kier alpha value is -1.26. The first-order valence-corrected chi connectivity index (χ1v) is 7.16. The van der Waals surface area contributed by atoms with E-state index < -0.39 is 11.9 Å². The number of hydrogen-bond donors (Lipinski definition) is 1. The number of halogens is 3. The van der Waals surface area contributed by atoms with E-state index in [1.807, 2.05) is 0 Å². The van der Waals surface area contributed by atoms with Crippen molar-refractivity contribution in [2.45, 2.75) is 51.7 Å². The third-order valence-corrected chi connectivity index (χ3v) is 4.08. The van der Waals surface area contributed by atoms with Crippen LogP contribution in [-0.2, 0) is 6.18 Å². The highest BCUT2D eigenvalue weighted by atomic mass is 19.4. The van der Waals surface area contributed by atoms with Crippen LogP contribution in [0.1, 0.15) is 45.2 Å². The number of hydrogen-bond acceptors (Lipinski definition) is 2. The Morgan fingerprint density at radius 2 is 2.00 bits per heavy atom. The Balaban J connectivity index is 1.96. The van der Waals surface area contributed by atoms with E-state index in [0.717, 1.165) is 18.9 Å². The molecule has 1 aliphatic rings. The zero-order chi connectivity index (χ0) is 14.8. The van der Waals surface area contributed by atoms with Gasteiger partial charge < -0.3 is 5.32 Å². The molecule has 2 nitrogen and oxygen atoms in total. The number of pyridine rings is 1. The van der Waals surface area contributed by atoms with E-state index in [2.05, 4.69) is 24.1 Å². The van der Waals surface area contributed by atoms with Crippen LogP contribution in [0, 0.1) is 11.8 Å². The van der Waals surface area contributed by atoms with Gasteiger partial charge in [0.15, 0.2) is 0 Å². The van der Waals surface area contributed by atoms with Crippen LogP contribution in [0.2, 0.25) is 0 Å². The van der Waals surface area contributed by atoms with Gasteiger partial charge in [0.2, 0.25) is 0 Å². The van der Waals surface area contributed by atoms with Gasteiger partial charge in [-0.1, -0.05) is 26.7 Å². The molecule has 1 heterocycles. The van der Waals surface area contributed by atoms with Crippen LogP contribution in [0.4, 0.5) is 18.9 Å². The van der Waals surface area contributed by atoms with Crippen LogP contribution in [0.25, 0.3) is 0 Å². The van der Waals surface area contributed by atoms with Gasteiger partial charge >= 0.3 is 6.18 Å². The van der Waals surface area contributed by atoms with Gasteiger partial charge in [0.25, 0.3) is 0 Å². The quantitative estimate of drug-likeness (QED) is 0.869. The second kappa shape index (κ2) is 6.02. The SMILES string of the molecule is CC(C)C1CCCC(Nc2ccc(C(F)(F)F)nc2)C1. The first kappa shape index (κ1) is 15.1. The summed E-state index contributed by atoms with van der Waals surface area (Å²) in [7, 11) is 0. The fourth-order valence-corrected chi connectivity index (χ4v) is 2.85. The van der Waals surface area contributed by atoms with Gasteiger partial charge in [-0.15, -0.1) is 0 Å². The number of rotatable bonds is 3. The largest absolute Gasteiger partial charge is 0.433 e. The van der Waals surface area contributed by atoms with E-state index in [0.29, 0.717) is 23.6 Å². The predicted molar refractivity (Wildman–Crippen MR) is 73.4 cm³/mol. The second-order valence-corrected chi connectivity index (χ2v) is 5.94. The summed E-state index contributed by atoms with van der Waals surface area (Å²) in [5.74, 6) is 1.36. The second-order valence-electron chi connectivity index (χ2n) is 5.94. The summed E-state index contributed by atoms with van der Waals surface area (Å²) in [6.07, 6.45) is 1.49. The average Bonchev–Trinajstić information content (AvgIpc) is 2.38. The van der Waals surface area contributed by atoms with Crippen molar-refractivity contribution in [3.05, 3.63) is 24.0 Å². The number of aromatic nitrogens is 1. The van der Waals surface area contributed by atoms with Crippen LogP contribution in [0.3, 0.4) is 0 Å². The molecular weight excluding hydrogens is 265 g/mol. The molecule has 1 aromatic rings. The topological polar surface area (TPSA) is 24.9 Å². The Labute approximate surface area is 117 Å². The molecule has 2 unspecified atom stereocenters. The highest BCUT2D eigenvalue weighted by molar-refractivity contribution is 5.42. The molecule has 1 fully saturated rings. The van der Waals surface area contributed by atoms with Crippen molar-refractivity contribution in [2.75, 3.05) is 5.32 Å². The van der Waals surface area contributed by atoms with Crippen molar-refractivity contribution < 1.29 is 13.2 Å². The molecule has 2 rings (SSSR count). The summed E-state index contributed by atoms with van der Waals surface area (Å²) < 4.78 is 37.3. The van der Waals surface area contributed by atoms with Crippen LogP contribution in [-0.4, -0.2) is 11.0 Å². The predicted octanol–water partition coefficient (Wildman–Crippen LogP) is 4.73. The molecule has 0 saturated heterocycles. The van der Waals surface area contributed by atoms with E-state index in [1.165, 1.54) is 25.1 Å². The molecular formula is C15H21F3N2. The number of nitrogens with one attached hydrogen (secondary N) is 1. The van der Waals surface area contributed by atoms with Crippen molar-refractivity contribution in [1.29, 1.82) is 0 Å². The highest BCUT2D eigenvalue weighted by Crippen LogP contribution is 2.32. The van der Waals surface area contributed by atoms with Gasteiger partial charge in [-0.05, 0) is 36.8 Å². The molecule has 1 N–H and O–H groups in total. The molecule has 0 bridgehead atoms. The van der Waals surface area contributed by atoms with Crippen LogP contribution >= 0.6 is 0 Å². The zero-order valence-corrected chi connectivity index (χ0v) is 11.9. The van der Waals surface area contributed by atoms with E-state index in [9.17, 15) is 13.2 Å². The molecule has 20 heavy (non-hydrogen) atoms. The van der Waals surface area contributed by atoms with Gasteiger partial charge in [0.1, 0.15) is 5.69 Å². The normalized spacial score (nSPS) is 23.9. The third-order valence-electron chi connectivity index (χ3n) is 4.08. The van der Waals surface area contributed by atoms with E-state index in [4.69, 9.17) is 0 Å². The number of nitrogens with zero attached hydrogens (tertiary/aromatic N) is 1. The summed E-state index contributed by atoms with van der Waals surface area (Å²) in [6, 6.07) is 2.84. The van der Waals surface area contributed by atoms with Crippen molar-refractivity contribution in [1.82, 2.24) is 4.98 Å². The molecule has 0 aromatic carbocycles. The minimum atomic E-state index is -4.37. The lowest BCUT2D eigenvalue weighted by Gasteiger charge is -2.32. The Kier molecular flexibility index (Phi) is 4.55. The van der Waals surface area contributed by atoms with E-state index in [1.54, 1.807) is 0 Å². The number of anilines is 1. The van der Waals surface area contributed by atoms with Crippen LogP contribution in [0.15, 0.2) is 18.3 Å². The molecule has 1 saturated carbocycles. The van der Waals surface area contributed by atoms with Crippen molar-refractivity contribution >= 4 is 5.69 Å². The fraction of sp³-hybridized carbons (Fsp3) is 0.667. The highest BCUT2D eigenvalue weighted by Gasteiger charge is 2.32. The number of alkyl halides is 3. The van der Waals surface area contributed by atoms with Crippen molar-refractivity contribution in [3.63, 3.8) is 0 Å². The van der Waals surface area contributed by atoms with Crippen molar-refractivity contribution in [3.8, 4) is 0 Å². The monoisotopic (exact) mass is 286 g/mol. The molecule has 112 valence electrons. The third kappa shape index (κ3) is 3.87. The summed E-state index contributed by atoms with van der Waals surface area (Å²) >= 11 is 0. The lowest BCUT2D eigenvalue weighted by molar-refractivity contribution is -0.141. The maximum Gasteiger partial charge on any atom is 0.433 e. The standard InChI is InChI=1S/C15H21F3N2/c1-10(2)11-4-3-5-12(8-11)20-13-6-7-14(19-9-13)15(16,17)18/h6-7,9-12,20H,3-5,8H2,1-2H3. The van der Waals surface area contributed by atoms with Crippen molar-refractivity contribution in [2.24, 2.45) is 11.8 Å². The Morgan fingerprint density at radius 1 is 1.25 bits per heavy atom. The summed E-state index contributed by atoms with van der Waals surface area (Å²) in [5.41, 5.74) is -0.167. The molecule has 0 radical (unpaired) electrons. The average molecular weight is 286 g/mol. The molecule has 0 aliphatic heterocycles. The first-order chi connectivity index (χ1) is 9.36. The lowest BCUT2D eigenvalue weighted by Crippen LogP contribution is -2.29. The Morgan fingerprint density at radius 3 is 2.55 bits per heavy atom. The first-order valence-electron chi connectivity index (χ1n) is 7.16. The van der Waals surface area contributed by atoms with Gasteiger partial charge in [0, 0.05) is 6.04 Å². The molecule has 0 amide bonds. The molecule has 0 spiro atoms. The van der Waals surface area contributed by atoms with Crippen LogP contribution in [0.5, 0.6) is 0 Å². The smallest absolute Gasteiger partial charge is 0.381 e. The lowest BCUT2D eigenvalue weighted by atomic mass is 9.79. The minimum absolute atomic E-state index is 0.342. The van der Waals surface area contributed by atoms with Gasteiger partial charge in [-0.3, -0.25) is 0 Å². The molecule has 1 aromatic heterocycles. The molecule has 1 aliphatic carbocycles. The summed E-state index contributed by atoms with van der Waals surface area (Å²) in [5, 5.41) is 3.31. The Bertz CT molecular complexity index is 426. The molecule has 2 atom stereocenters. The fourth-order valence-electron chi connectivity index (χ4n) is 2.85. The van der Waals surface area contributed by atoms with Gasteiger partial charge in [-0.25, -0.2) is 4.98 Å². The minimum Gasteiger partial charge on any atom is -0.381 e. The molecule has 5 heteroatoms. The summed E-state index contributed by atoms with van der Waals surface area (Å²) in [6.45, 7) is 4.46.